The van der Waals surface area contributed by atoms with Crippen LogP contribution in [-0.2, 0) is 0 Å². The number of hydrogen-bond acceptors (Lipinski definition) is 6. The lowest BCUT2D eigenvalue weighted by molar-refractivity contribution is 0.145. The van der Waals surface area contributed by atoms with Gasteiger partial charge < -0.3 is 15.1 Å². The molecule has 2 saturated carbocycles. The van der Waals surface area contributed by atoms with E-state index in [0.29, 0.717) is 11.7 Å². The number of hydrogen-bond donors (Lipinski definition) is 1. The number of halogens is 2. The first-order valence-corrected chi connectivity index (χ1v) is 12.0. The highest BCUT2D eigenvalue weighted by atomic mass is 19.3. The van der Waals surface area contributed by atoms with Gasteiger partial charge in [-0.05, 0) is 86.6 Å². The van der Waals surface area contributed by atoms with Crippen molar-refractivity contribution in [2.75, 3.05) is 42.9 Å². The molecule has 4 fully saturated rings. The minimum atomic E-state index is -2.61. The minimum Gasteiger partial charge on any atom is -0.356 e. The van der Waals surface area contributed by atoms with E-state index >= 15 is 0 Å². The Labute approximate surface area is 187 Å². The summed E-state index contributed by atoms with van der Waals surface area (Å²) in [4.78, 5) is 17.8. The Kier molecular flexibility index (Phi) is 5.20. The second-order valence-electron chi connectivity index (χ2n) is 10.1. The molecule has 0 bridgehead atoms. The molecule has 2 aromatic rings. The summed E-state index contributed by atoms with van der Waals surface area (Å²) < 4.78 is 25.6. The molecular formula is C24H30F2N6. The SMILES string of the molecule is FC(F)c1cnc(Nc2cc(C3CCN(CC4CC4)CC3)cc(N3CC4CC4C3)n2)cn1. The van der Waals surface area contributed by atoms with E-state index in [0.717, 1.165) is 61.8 Å². The zero-order valence-electron chi connectivity index (χ0n) is 18.3. The standard InChI is InChI=1S/C24H30F2N6/c25-24(26)20-10-28-22(11-27-20)29-21-8-17(9-23(30-21)32-13-18-7-19(18)14-32)16-3-5-31(6-4-16)12-15-1-2-15/h8-11,15-16,18-19,24H,1-7,12-14H2,(H,28,29,30). The smallest absolute Gasteiger partial charge is 0.281 e. The lowest BCUT2D eigenvalue weighted by atomic mass is 9.89. The van der Waals surface area contributed by atoms with Gasteiger partial charge >= 0.3 is 0 Å². The summed E-state index contributed by atoms with van der Waals surface area (Å²) >= 11 is 0. The van der Waals surface area contributed by atoms with Crippen molar-refractivity contribution in [3.63, 3.8) is 0 Å². The van der Waals surface area contributed by atoms with Crippen LogP contribution in [0.1, 0.15) is 55.7 Å². The van der Waals surface area contributed by atoms with Crippen molar-refractivity contribution in [1.82, 2.24) is 19.9 Å². The summed E-state index contributed by atoms with van der Waals surface area (Å²) in [6, 6.07) is 4.40. The van der Waals surface area contributed by atoms with E-state index in [4.69, 9.17) is 4.98 Å². The molecule has 0 spiro atoms. The molecule has 4 aliphatic rings. The first-order chi connectivity index (χ1) is 15.6. The highest BCUT2D eigenvalue weighted by molar-refractivity contribution is 5.58. The highest BCUT2D eigenvalue weighted by Gasteiger charge is 2.45. The zero-order valence-corrected chi connectivity index (χ0v) is 18.3. The van der Waals surface area contributed by atoms with E-state index in [1.54, 1.807) is 0 Å². The first-order valence-electron chi connectivity index (χ1n) is 12.0. The maximum absolute atomic E-state index is 12.8. The average Bonchev–Trinajstić information content (AvgIpc) is 3.73. The van der Waals surface area contributed by atoms with Crippen LogP contribution in [0.5, 0.6) is 0 Å². The van der Waals surface area contributed by atoms with Crippen molar-refractivity contribution in [3.05, 3.63) is 35.8 Å². The van der Waals surface area contributed by atoms with Crippen LogP contribution in [0.4, 0.5) is 26.2 Å². The van der Waals surface area contributed by atoms with Crippen LogP contribution in [-0.4, -0.2) is 52.6 Å². The van der Waals surface area contributed by atoms with Gasteiger partial charge in [0.15, 0.2) is 0 Å². The van der Waals surface area contributed by atoms with Gasteiger partial charge in [0.25, 0.3) is 6.43 Å². The largest absolute Gasteiger partial charge is 0.356 e. The first kappa shape index (κ1) is 20.3. The van der Waals surface area contributed by atoms with Crippen LogP contribution in [0, 0.1) is 17.8 Å². The van der Waals surface area contributed by atoms with Crippen molar-refractivity contribution in [1.29, 1.82) is 0 Å². The Bertz CT molecular complexity index is 945. The maximum atomic E-state index is 12.8. The lowest BCUT2D eigenvalue weighted by Crippen LogP contribution is -2.34. The van der Waals surface area contributed by atoms with Gasteiger partial charge in [-0.15, -0.1) is 0 Å². The molecule has 2 unspecified atom stereocenters. The fourth-order valence-electron chi connectivity index (χ4n) is 5.34. The maximum Gasteiger partial charge on any atom is 0.281 e. The third kappa shape index (κ3) is 4.42. The molecule has 2 aliphatic carbocycles. The Morgan fingerprint density at radius 1 is 0.969 bits per heavy atom. The van der Waals surface area contributed by atoms with Crippen LogP contribution in [0.15, 0.2) is 24.5 Å². The third-order valence-corrected chi connectivity index (χ3v) is 7.56. The summed E-state index contributed by atoms with van der Waals surface area (Å²) in [5.74, 6) is 5.30. The Morgan fingerprint density at radius 2 is 1.75 bits per heavy atom. The Balaban J connectivity index is 1.21. The Morgan fingerprint density at radius 3 is 2.41 bits per heavy atom. The van der Waals surface area contributed by atoms with Gasteiger partial charge in [0, 0.05) is 19.6 Å². The highest BCUT2D eigenvalue weighted by Crippen LogP contribution is 2.46. The summed E-state index contributed by atoms with van der Waals surface area (Å²) in [6.45, 7) is 5.77. The second kappa shape index (κ2) is 8.21. The normalized spacial score (nSPS) is 25.9. The molecule has 0 aromatic carbocycles. The van der Waals surface area contributed by atoms with Gasteiger partial charge in [0.1, 0.15) is 23.1 Å². The van der Waals surface area contributed by atoms with Crippen molar-refractivity contribution >= 4 is 17.5 Å². The number of rotatable bonds is 7. The minimum absolute atomic E-state index is 0.313. The van der Waals surface area contributed by atoms with E-state index in [2.05, 4.69) is 37.2 Å². The molecule has 32 heavy (non-hydrogen) atoms. The monoisotopic (exact) mass is 440 g/mol. The molecular weight excluding hydrogens is 410 g/mol. The molecule has 2 aromatic heterocycles. The van der Waals surface area contributed by atoms with Crippen LogP contribution in [0.3, 0.4) is 0 Å². The molecule has 2 saturated heterocycles. The number of fused-ring (bicyclic) bond motifs is 1. The number of piperidine rings is 2. The molecule has 8 heteroatoms. The van der Waals surface area contributed by atoms with Crippen LogP contribution >= 0.6 is 0 Å². The lowest BCUT2D eigenvalue weighted by Gasteiger charge is -2.33. The average molecular weight is 441 g/mol. The van der Waals surface area contributed by atoms with Crippen LogP contribution in [0.25, 0.3) is 0 Å². The number of alkyl halides is 2. The van der Waals surface area contributed by atoms with E-state index in [9.17, 15) is 8.78 Å². The number of nitrogens with zero attached hydrogens (tertiary/aromatic N) is 5. The van der Waals surface area contributed by atoms with E-state index in [-0.39, 0.29) is 5.69 Å². The predicted octanol–water partition coefficient (Wildman–Crippen LogP) is 4.60. The number of aromatic nitrogens is 3. The van der Waals surface area contributed by atoms with Crippen molar-refractivity contribution in [3.8, 4) is 0 Å². The van der Waals surface area contributed by atoms with Gasteiger partial charge in [-0.25, -0.2) is 23.7 Å². The van der Waals surface area contributed by atoms with E-state index in [1.165, 1.54) is 50.4 Å². The van der Waals surface area contributed by atoms with Crippen molar-refractivity contribution in [2.45, 2.75) is 44.4 Å². The quantitative estimate of drug-likeness (QED) is 0.679. The number of likely N-dealkylation sites (tertiary alicyclic amines) is 1. The predicted molar refractivity (Wildman–Crippen MR) is 119 cm³/mol. The second-order valence-corrected chi connectivity index (χ2v) is 10.1. The summed E-state index contributed by atoms with van der Waals surface area (Å²) in [5, 5.41) is 3.21. The molecule has 170 valence electrons. The molecule has 1 N–H and O–H groups in total. The Hall–Kier alpha value is -2.35. The summed E-state index contributed by atoms with van der Waals surface area (Å²) in [6.07, 6.45) is 6.37. The fourth-order valence-corrected chi connectivity index (χ4v) is 5.34. The zero-order chi connectivity index (χ0) is 21.7. The summed E-state index contributed by atoms with van der Waals surface area (Å²) in [7, 11) is 0. The third-order valence-electron chi connectivity index (χ3n) is 7.56. The molecule has 2 aliphatic heterocycles. The van der Waals surface area contributed by atoms with E-state index < -0.39 is 6.43 Å². The molecule has 2 atom stereocenters. The van der Waals surface area contributed by atoms with Crippen LogP contribution in [0.2, 0.25) is 0 Å². The van der Waals surface area contributed by atoms with Gasteiger partial charge in [-0.1, -0.05) is 0 Å². The molecule has 0 amide bonds. The van der Waals surface area contributed by atoms with Gasteiger partial charge in [0.05, 0.1) is 12.4 Å². The van der Waals surface area contributed by atoms with Crippen LogP contribution < -0.4 is 10.2 Å². The molecule has 4 heterocycles. The van der Waals surface area contributed by atoms with Gasteiger partial charge in [0.2, 0.25) is 0 Å². The number of anilines is 3. The molecule has 6 nitrogen and oxygen atoms in total. The fraction of sp³-hybridized carbons (Fsp3) is 0.625. The van der Waals surface area contributed by atoms with Crippen molar-refractivity contribution in [2.24, 2.45) is 17.8 Å². The van der Waals surface area contributed by atoms with Gasteiger partial charge in [-0.2, -0.15) is 0 Å². The van der Waals surface area contributed by atoms with E-state index in [1.807, 2.05) is 0 Å². The number of nitrogens with one attached hydrogen (secondary N) is 1. The summed E-state index contributed by atoms with van der Waals surface area (Å²) in [5.41, 5.74) is 1.01. The number of pyridine rings is 1. The van der Waals surface area contributed by atoms with Crippen molar-refractivity contribution < 1.29 is 8.78 Å². The topological polar surface area (TPSA) is 57.2 Å². The molecule has 0 radical (unpaired) electrons. The van der Waals surface area contributed by atoms with Gasteiger partial charge in [-0.3, -0.25) is 0 Å². The molecule has 6 rings (SSSR count).